The van der Waals surface area contributed by atoms with E-state index in [-0.39, 0.29) is 0 Å². The van der Waals surface area contributed by atoms with E-state index in [1.54, 1.807) is 24.3 Å². The lowest BCUT2D eigenvalue weighted by Gasteiger charge is -1.99. The Morgan fingerprint density at radius 2 is 1.91 bits per heavy atom. The lowest BCUT2D eigenvalue weighted by Crippen LogP contribution is -2.01. The molecule has 60 valence electrons. The predicted octanol–water partition coefficient (Wildman–Crippen LogP) is 0.817. The molecule has 1 atom stereocenters. The molecule has 1 aromatic rings. The number of anilines is 2. The molecule has 0 aliphatic carbocycles. The van der Waals surface area contributed by atoms with Crippen molar-refractivity contribution in [1.29, 1.82) is 0 Å². The zero-order valence-corrected chi connectivity index (χ0v) is 6.47. The van der Waals surface area contributed by atoms with Gasteiger partial charge in [-0.2, -0.15) is 0 Å². The van der Waals surface area contributed by atoms with Crippen LogP contribution in [-0.4, -0.2) is 8.76 Å². The number of benzene rings is 1. The molecular weight excluding hydrogens is 164 g/mol. The van der Waals surface area contributed by atoms with E-state index in [2.05, 4.69) is 4.72 Å². The Bertz CT molecular complexity index is 260. The summed E-state index contributed by atoms with van der Waals surface area (Å²) in [6.07, 6.45) is 0. The number of hydrogen-bond donors (Lipinski definition) is 3. The summed E-state index contributed by atoms with van der Waals surface area (Å²) >= 11 is -2.01. The van der Waals surface area contributed by atoms with Crippen LogP contribution in [0, 0.1) is 0 Å². The third-order valence-corrected chi connectivity index (χ3v) is 1.53. The Morgan fingerprint density at radius 3 is 2.36 bits per heavy atom. The summed E-state index contributed by atoms with van der Waals surface area (Å²) in [6.45, 7) is 0. The van der Waals surface area contributed by atoms with E-state index in [1.165, 1.54) is 0 Å². The molecule has 0 saturated heterocycles. The minimum Gasteiger partial charge on any atom is -0.399 e. The van der Waals surface area contributed by atoms with Gasteiger partial charge in [0.05, 0.1) is 0 Å². The molecule has 5 heteroatoms. The molecule has 1 unspecified atom stereocenters. The van der Waals surface area contributed by atoms with Gasteiger partial charge in [-0.1, -0.05) is 0 Å². The van der Waals surface area contributed by atoms with E-state index < -0.39 is 11.3 Å². The van der Waals surface area contributed by atoms with Crippen LogP contribution in [-0.2, 0) is 11.3 Å². The minimum absolute atomic E-state index is 0.569. The molecule has 0 aliphatic rings. The Morgan fingerprint density at radius 1 is 1.36 bits per heavy atom. The molecule has 4 N–H and O–H groups in total. The standard InChI is InChI=1S/C6H8N2O2S/c7-5-1-3-6(4-2-5)8-11(9)10/h1-4,8H,7H2,(H,9,10). The van der Waals surface area contributed by atoms with E-state index in [1.807, 2.05) is 0 Å². The maximum atomic E-state index is 10.2. The SMILES string of the molecule is Nc1ccc(NS(=O)O)cc1. The van der Waals surface area contributed by atoms with Crippen LogP contribution in [0.15, 0.2) is 24.3 Å². The van der Waals surface area contributed by atoms with Crippen molar-refractivity contribution in [1.82, 2.24) is 0 Å². The molecule has 1 rings (SSSR count). The lowest BCUT2D eigenvalue weighted by atomic mass is 10.3. The van der Waals surface area contributed by atoms with Crippen LogP contribution in [0.1, 0.15) is 0 Å². The van der Waals surface area contributed by atoms with Crippen LogP contribution >= 0.6 is 0 Å². The quantitative estimate of drug-likeness (QED) is 0.456. The van der Waals surface area contributed by atoms with Crippen LogP contribution in [0.4, 0.5) is 11.4 Å². The van der Waals surface area contributed by atoms with Crippen molar-refractivity contribution in [2.75, 3.05) is 10.5 Å². The maximum absolute atomic E-state index is 10.2. The molecule has 1 aromatic carbocycles. The van der Waals surface area contributed by atoms with Crippen molar-refractivity contribution in [3.8, 4) is 0 Å². The number of hydrogen-bond acceptors (Lipinski definition) is 2. The van der Waals surface area contributed by atoms with Crippen LogP contribution in [0.2, 0.25) is 0 Å². The van der Waals surface area contributed by atoms with Crippen molar-refractivity contribution < 1.29 is 8.76 Å². The summed E-state index contributed by atoms with van der Waals surface area (Å²) in [6, 6.07) is 6.55. The van der Waals surface area contributed by atoms with Gasteiger partial charge in [-0.25, -0.2) is 4.21 Å². The van der Waals surface area contributed by atoms with Crippen molar-refractivity contribution in [2.45, 2.75) is 0 Å². The normalized spacial score (nSPS) is 12.5. The van der Waals surface area contributed by atoms with E-state index in [4.69, 9.17) is 10.3 Å². The van der Waals surface area contributed by atoms with Gasteiger partial charge in [0, 0.05) is 11.4 Å². The molecule has 11 heavy (non-hydrogen) atoms. The van der Waals surface area contributed by atoms with Gasteiger partial charge < -0.3 is 5.73 Å². The summed E-state index contributed by atoms with van der Waals surface area (Å²) in [5, 5.41) is 0. The highest BCUT2D eigenvalue weighted by Gasteiger charge is 1.92. The lowest BCUT2D eigenvalue weighted by molar-refractivity contribution is 0.570. The highest BCUT2D eigenvalue weighted by atomic mass is 32.2. The van der Waals surface area contributed by atoms with E-state index in [9.17, 15) is 4.21 Å². The van der Waals surface area contributed by atoms with Gasteiger partial charge >= 0.3 is 0 Å². The smallest absolute Gasteiger partial charge is 0.259 e. The van der Waals surface area contributed by atoms with Gasteiger partial charge in [-0.05, 0) is 24.3 Å². The first kappa shape index (κ1) is 8.03. The van der Waals surface area contributed by atoms with E-state index in [0.717, 1.165) is 0 Å². The first-order valence-corrected chi connectivity index (χ1v) is 4.02. The zero-order valence-electron chi connectivity index (χ0n) is 5.65. The Hall–Kier alpha value is -1.07. The molecule has 0 saturated carbocycles. The molecule has 0 fully saturated rings. The Balaban J connectivity index is 2.74. The number of nitrogen functional groups attached to an aromatic ring is 1. The van der Waals surface area contributed by atoms with Gasteiger partial charge in [0.15, 0.2) is 0 Å². The molecule has 0 bridgehead atoms. The first-order chi connectivity index (χ1) is 5.18. The predicted molar refractivity (Wildman–Crippen MR) is 45.2 cm³/mol. The second-order valence-electron chi connectivity index (χ2n) is 1.97. The number of nitrogens with two attached hydrogens (primary N) is 1. The maximum Gasteiger partial charge on any atom is 0.259 e. The average molecular weight is 172 g/mol. The van der Waals surface area contributed by atoms with Crippen molar-refractivity contribution in [2.24, 2.45) is 0 Å². The molecule has 0 radical (unpaired) electrons. The van der Waals surface area contributed by atoms with Gasteiger partial charge in [-0.15, -0.1) is 0 Å². The molecule has 0 aliphatic heterocycles. The topological polar surface area (TPSA) is 75.3 Å². The summed E-state index contributed by atoms with van der Waals surface area (Å²) in [5.41, 5.74) is 6.59. The highest BCUT2D eigenvalue weighted by Crippen LogP contribution is 2.10. The highest BCUT2D eigenvalue weighted by molar-refractivity contribution is 7.80. The van der Waals surface area contributed by atoms with Crippen LogP contribution < -0.4 is 10.5 Å². The molecule has 4 nitrogen and oxygen atoms in total. The van der Waals surface area contributed by atoms with Crippen LogP contribution in [0.25, 0.3) is 0 Å². The largest absolute Gasteiger partial charge is 0.399 e. The minimum atomic E-state index is -2.01. The van der Waals surface area contributed by atoms with Crippen molar-refractivity contribution >= 4 is 22.6 Å². The number of rotatable bonds is 2. The second-order valence-corrected chi connectivity index (χ2v) is 2.68. The van der Waals surface area contributed by atoms with Gasteiger partial charge in [0.25, 0.3) is 11.3 Å². The Labute approximate surface area is 66.8 Å². The summed E-state index contributed by atoms with van der Waals surface area (Å²) < 4.78 is 20.9. The van der Waals surface area contributed by atoms with Crippen LogP contribution in [0.5, 0.6) is 0 Å². The zero-order chi connectivity index (χ0) is 8.27. The summed E-state index contributed by atoms with van der Waals surface area (Å²) in [7, 11) is 0. The number of nitrogens with one attached hydrogen (secondary N) is 1. The van der Waals surface area contributed by atoms with Gasteiger partial charge in [-0.3, -0.25) is 9.27 Å². The second kappa shape index (κ2) is 3.36. The van der Waals surface area contributed by atoms with Crippen molar-refractivity contribution in [3.63, 3.8) is 0 Å². The fourth-order valence-electron chi connectivity index (χ4n) is 0.652. The van der Waals surface area contributed by atoms with Gasteiger partial charge in [0.1, 0.15) is 0 Å². The molecular formula is C6H8N2O2S. The molecule has 0 aromatic heterocycles. The van der Waals surface area contributed by atoms with Crippen LogP contribution in [0.3, 0.4) is 0 Å². The summed E-state index contributed by atoms with van der Waals surface area (Å²) in [4.78, 5) is 0. The third-order valence-electron chi connectivity index (χ3n) is 1.12. The molecule has 0 spiro atoms. The first-order valence-electron chi connectivity index (χ1n) is 2.91. The van der Waals surface area contributed by atoms with Crippen molar-refractivity contribution in [3.05, 3.63) is 24.3 Å². The van der Waals surface area contributed by atoms with Gasteiger partial charge in [0.2, 0.25) is 0 Å². The van der Waals surface area contributed by atoms with E-state index >= 15 is 0 Å². The molecule has 0 heterocycles. The fourth-order valence-corrected chi connectivity index (χ4v) is 0.990. The monoisotopic (exact) mass is 172 g/mol. The third kappa shape index (κ3) is 2.57. The average Bonchev–Trinajstić information content (AvgIpc) is 1.93. The summed E-state index contributed by atoms with van der Waals surface area (Å²) in [5.74, 6) is 0. The fraction of sp³-hybridized carbons (Fsp3) is 0. The molecule has 0 amide bonds. The Kier molecular flexibility index (Phi) is 2.45. The van der Waals surface area contributed by atoms with E-state index in [0.29, 0.717) is 11.4 Å².